The first-order valence-corrected chi connectivity index (χ1v) is 10.4. The third-order valence-corrected chi connectivity index (χ3v) is 7.56. The molecule has 0 bridgehead atoms. The molecule has 29 heavy (non-hydrogen) atoms. The highest BCUT2D eigenvalue weighted by Gasteiger charge is 2.44. The van der Waals surface area contributed by atoms with Gasteiger partial charge in [0.25, 0.3) is 0 Å². The van der Waals surface area contributed by atoms with E-state index in [1.807, 2.05) is 6.92 Å². The molecule has 6 heteroatoms. The van der Waals surface area contributed by atoms with Crippen molar-refractivity contribution in [3.05, 3.63) is 33.4 Å². The topological polar surface area (TPSA) is 94.8 Å². The number of carbonyl (C=O) groups is 2. The van der Waals surface area contributed by atoms with Gasteiger partial charge in [-0.3, -0.25) is 9.59 Å². The number of phenolic OH excluding ortho intramolecular Hbond substituents is 2. The molecule has 0 spiro atoms. The molecule has 5 nitrogen and oxygen atoms in total. The monoisotopic (exact) mass is 422 g/mol. The highest BCUT2D eigenvalue weighted by Crippen LogP contribution is 2.47. The molecule has 1 saturated carbocycles. The lowest BCUT2D eigenvalue weighted by Gasteiger charge is -2.45. The summed E-state index contributed by atoms with van der Waals surface area (Å²) in [5.41, 5.74) is 0.887. The van der Waals surface area contributed by atoms with E-state index in [9.17, 15) is 24.9 Å². The Morgan fingerprint density at radius 3 is 2.52 bits per heavy atom. The van der Waals surface area contributed by atoms with Crippen molar-refractivity contribution < 1.29 is 24.9 Å². The molecule has 0 saturated heterocycles. The van der Waals surface area contributed by atoms with Gasteiger partial charge in [-0.05, 0) is 55.6 Å². The van der Waals surface area contributed by atoms with Crippen LogP contribution in [0.3, 0.4) is 0 Å². The predicted octanol–water partition coefficient (Wildman–Crippen LogP) is 4.75. The second kappa shape index (κ2) is 8.88. The van der Waals surface area contributed by atoms with E-state index in [1.54, 1.807) is 19.9 Å². The van der Waals surface area contributed by atoms with Crippen molar-refractivity contribution in [2.24, 2.45) is 17.3 Å². The first kappa shape index (κ1) is 23.4. The minimum atomic E-state index is -0.758. The van der Waals surface area contributed by atoms with Crippen LogP contribution in [0.1, 0.15) is 68.4 Å². The van der Waals surface area contributed by atoms with Gasteiger partial charge in [0.15, 0.2) is 6.29 Å². The zero-order chi connectivity index (χ0) is 22.1. The number of aliphatic hydroxyl groups excluding tert-OH is 1. The van der Waals surface area contributed by atoms with Crippen LogP contribution < -0.4 is 0 Å². The number of allylic oxidation sites excluding steroid dienone is 1. The van der Waals surface area contributed by atoms with Gasteiger partial charge in [0, 0.05) is 17.9 Å². The second-order valence-corrected chi connectivity index (χ2v) is 9.03. The number of benzene rings is 1. The van der Waals surface area contributed by atoms with Crippen LogP contribution >= 0.6 is 11.6 Å². The molecule has 1 fully saturated rings. The van der Waals surface area contributed by atoms with E-state index in [0.717, 1.165) is 6.42 Å². The molecule has 0 amide bonds. The Bertz CT molecular complexity index is 844. The molecule has 1 aliphatic carbocycles. The van der Waals surface area contributed by atoms with E-state index < -0.39 is 6.10 Å². The van der Waals surface area contributed by atoms with Gasteiger partial charge in [0.2, 0.25) is 0 Å². The van der Waals surface area contributed by atoms with Gasteiger partial charge in [0.05, 0.1) is 16.7 Å². The molecule has 1 aliphatic rings. The molecule has 2 rings (SSSR count). The SMILES string of the molecule is C/C(=C\Cc1c(O)c(Cl)c(C)c(C=O)c1O)[C@H](O)C[C@@]1(C)[C@H](C)CCC(=O)[C@@H]1C. The summed E-state index contributed by atoms with van der Waals surface area (Å²) < 4.78 is 0. The Morgan fingerprint density at radius 1 is 1.31 bits per heavy atom. The van der Waals surface area contributed by atoms with Crippen LogP contribution in [0, 0.1) is 24.2 Å². The predicted molar refractivity (Wildman–Crippen MR) is 114 cm³/mol. The molecule has 160 valence electrons. The number of aldehydes is 1. The van der Waals surface area contributed by atoms with Crippen LogP contribution in [0.15, 0.2) is 11.6 Å². The number of ketones is 1. The largest absolute Gasteiger partial charge is 0.507 e. The average Bonchev–Trinajstić information content (AvgIpc) is 2.68. The first-order chi connectivity index (χ1) is 13.5. The Morgan fingerprint density at radius 2 is 1.93 bits per heavy atom. The molecule has 1 aromatic carbocycles. The molecular formula is C23H31ClO5. The maximum Gasteiger partial charge on any atom is 0.154 e. The van der Waals surface area contributed by atoms with Crippen LogP contribution in [0.5, 0.6) is 11.5 Å². The number of rotatable bonds is 6. The number of aromatic hydroxyl groups is 2. The number of Topliss-reactive ketones (excluding diaryl/α,β-unsaturated/α-hetero) is 1. The van der Waals surface area contributed by atoms with Gasteiger partial charge in [-0.25, -0.2) is 0 Å². The number of phenols is 2. The van der Waals surface area contributed by atoms with Crippen LogP contribution in [0.2, 0.25) is 5.02 Å². The molecule has 4 atom stereocenters. The quantitative estimate of drug-likeness (QED) is 0.454. The summed E-state index contributed by atoms with van der Waals surface area (Å²) >= 11 is 6.09. The van der Waals surface area contributed by atoms with Crippen LogP contribution in [-0.2, 0) is 11.2 Å². The van der Waals surface area contributed by atoms with Gasteiger partial charge in [0.1, 0.15) is 17.3 Å². The van der Waals surface area contributed by atoms with Gasteiger partial charge < -0.3 is 15.3 Å². The van der Waals surface area contributed by atoms with Crippen LogP contribution in [-0.4, -0.2) is 33.5 Å². The minimum absolute atomic E-state index is 0.0300. The van der Waals surface area contributed by atoms with Crippen molar-refractivity contribution in [3.63, 3.8) is 0 Å². The highest BCUT2D eigenvalue weighted by molar-refractivity contribution is 6.33. The third kappa shape index (κ3) is 4.36. The summed E-state index contributed by atoms with van der Waals surface area (Å²) in [6.45, 7) is 9.45. The molecule has 0 unspecified atom stereocenters. The standard InChI is InChI=1S/C23H31ClO5/c1-12(19(27)10-23(5)13(2)7-9-18(26)15(23)4)6-8-16-21(28)17(11-25)14(3)20(24)22(16)29/h6,11,13,15,19,27-29H,7-10H2,1-5H3/b12-6+/t13-,15+,19-,23+/m1/s1. The summed E-state index contributed by atoms with van der Waals surface area (Å²) in [5, 5.41) is 31.5. The van der Waals surface area contributed by atoms with Gasteiger partial charge >= 0.3 is 0 Å². The smallest absolute Gasteiger partial charge is 0.154 e. The lowest BCUT2D eigenvalue weighted by Crippen LogP contribution is -2.43. The number of hydrogen-bond donors (Lipinski definition) is 3. The van der Waals surface area contributed by atoms with E-state index >= 15 is 0 Å². The summed E-state index contributed by atoms with van der Waals surface area (Å²) in [6.07, 6.45) is 3.45. The fraction of sp³-hybridized carbons (Fsp3) is 0.565. The number of aliphatic hydroxyl groups is 1. The van der Waals surface area contributed by atoms with Crippen molar-refractivity contribution >= 4 is 23.7 Å². The summed E-state index contributed by atoms with van der Waals surface area (Å²) in [7, 11) is 0. The number of halogens is 1. The zero-order valence-electron chi connectivity index (χ0n) is 17.8. The van der Waals surface area contributed by atoms with E-state index in [2.05, 4.69) is 13.8 Å². The van der Waals surface area contributed by atoms with Gasteiger partial charge in [-0.2, -0.15) is 0 Å². The maximum absolute atomic E-state index is 12.2. The van der Waals surface area contributed by atoms with E-state index in [4.69, 9.17) is 11.6 Å². The molecule has 0 heterocycles. The Kier molecular flexibility index (Phi) is 7.18. The number of hydrogen-bond acceptors (Lipinski definition) is 5. The van der Waals surface area contributed by atoms with Crippen molar-refractivity contribution in [2.45, 2.75) is 66.4 Å². The second-order valence-electron chi connectivity index (χ2n) is 8.65. The Labute approximate surface area is 177 Å². The van der Waals surface area contributed by atoms with Crippen molar-refractivity contribution in [2.75, 3.05) is 0 Å². The fourth-order valence-corrected chi connectivity index (χ4v) is 4.49. The maximum atomic E-state index is 12.2. The summed E-state index contributed by atoms with van der Waals surface area (Å²) in [4.78, 5) is 23.5. The summed E-state index contributed by atoms with van der Waals surface area (Å²) in [6, 6.07) is 0. The number of carbonyl (C=O) groups excluding carboxylic acids is 2. The molecule has 0 radical (unpaired) electrons. The molecule has 1 aromatic rings. The molecule has 3 N–H and O–H groups in total. The first-order valence-electron chi connectivity index (χ1n) is 10.0. The normalized spacial score (nSPS) is 26.4. The van der Waals surface area contributed by atoms with E-state index in [1.165, 1.54) is 0 Å². The summed E-state index contributed by atoms with van der Waals surface area (Å²) in [5.74, 6) is -0.127. The van der Waals surface area contributed by atoms with E-state index in [0.29, 0.717) is 36.2 Å². The molecule has 0 aliphatic heterocycles. The Hall–Kier alpha value is -1.85. The fourth-order valence-electron chi connectivity index (χ4n) is 4.27. The highest BCUT2D eigenvalue weighted by atomic mass is 35.5. The van der Waals surface area contributed by atoms with E-state index in [-0.39, 0.29) is 51.2 Å². The zero-order valence-corrected chi connectivity index (χ0v) is 18.5. The van der Waals surface area contributed by atoms with Crippen LogP contribution in [0.4, 0.5) is 0 Å². The average molecular weight is 423 g/mol. The third-order valence-electron chi connectivity index (χ3n) is 7.09. The lowest BCUT2D eigenvalue weighted by atomic mass is 9.59. The molecular weight excluding hydrogens is 392 g/mol. The van der Waals surface area contributed by atoms with Gasteiger partial charge in [-0.15, -0.1) is 0 Å². The molecule has 0 aromatic heterocycles. The van der Waals surface area contributed by atoms with Crippen molar-refractivity contribution in [1.29, 1.82) is 0 Å². The minimum Gasteiger partial charge on any atom is -0.507 e. The van der Waals surface area contributed by atoms with Crippen molar-refractivity contribution in [1.82, 2.24) is 0 Å². The Balaban J connectivity index is 2.25. The lowest BCUT2D eigenvalue weighted by molar-refractivity contribution is -0.133. The van der Waals surface area contributed by atoms with Crippen LogP contribution in [0.25, 0.3) is 0 Å². The van der Waals surface area contributed by atoms with Gasteiger partial charge in [-0.1, -0.05) is 38.4 Å². The van der Waals surface area contributed by atoms with Crippen molar-refractivity contribution in [3.8, 4) is 11.5 Å².